The van der Waals surface area contributed by atoms with Gasteiger partial charge < -0.3 is 9.32 Å². The van der Waals surface area contributed by atoms with Crippen molar-refractivity contribution in [3.63, 3.8) is 0 Å². The molecular formula is C66H43NO. The zero-order valence-corrected chi connectivity index (χ0v) is 37.2. The predicted molar refractivity (Wildman–Crippen MR) is 288 cm³/mol. The summed E-state index contributed by atoms with van der Waals surface area (Å²) in [6.07, 6.45) is 0. The van der Waals surface area contributed by atoms with E-state index in [-0.39, 0.29) is 0 Å². The van der Waals surface area contributed by atoms with Crippen molar-refractivity contribution in [1.29, 1.82) is 0 Å². The summed E-state index contributed by atoms with van der Waals surface area (Å²) in [4.78, 5) is 2.38. The van der Waals surface area contributed by atoms with E-state index in [9.17, 15) is 0 Å². The van der Waals surface area contributed by atoms with E-state index in [4.69, 9.17) is 4.42 Å². The van der Waals surface area contributed by atoms with Crippen LogP contribution in [0.3, 0.4) is 0 Å². The van der Waals surface area contributed by atoms with E-state index in [0.29, 0.717) is 0 Å². The number of furan rings is 1. The van der Waals surface area contributed by atoms with Crippen LogP contribution in [0.25, 0.3) is 110 Å². The first kappa shape index (κ1) is 39.4. The summed E-state index contributed by atoms with van der Waals surface area (Å²) in [6.45, 7) is 0. The van der Waals surface area contributed by atoms with Crippen LogP contribution >= 0.6 is 0 Å². The molecule has 1 aromatic heterocycles. The summed E-state index contributed by atoms with van der Waals surface area (Å²) in [5.74, 6) is 0.886. The Morgan fingerprint density at radius 3 is 1.47 bits per heavy atom. The lowest BCUT2D eigenvalue weighted by Crippen LogP contribution is -2.09. The van der Waals surface area contributed by atoms with Crippen LogP contribution in [0, 0.1) is 0 Å². The molecule has 2 nitrogen and oxygen atoms in total. The quantitative estimate of drug-likeness (QED) is 0.142. The van der Waals surface area contributed by atoms with Gasteiger partial charge in [-0.3, -0.25) is 0 Å². The summed E-state index contributed by atoms with van der Waals surface area (Å²) < 4.78 is 6.57. The molecule has 0 fully saturated rings. The first-order chi connectivity index (χ1) is 33.7. The Morgan fingerprint density at radius 2 is 0.735 bits per heavy atom. The maximum absolute atomic E-state index is 6.57. The van der Waals surface area contributed by atoms with Crippen LogP contribution in [0.15, 0.2) is 265 Å². The van der Waals surface area contributed by atoms with E-state index in [1.165, 1.54) is 54.2 Å². The van der Waals surface area contributed by atoms with E-state index >= 15 is 0 Å². The van der Waals surface area contributed by atoms with Crippen LogP contribution in [0.5, 0.6) is 0 Å². The Kier molecular flexibility index (Phi) is 9.54. The Bertz CT molecular complexity index is 4000. The van der Waals surface area contributed by atoms with Gasteiger partial charge >= 0.3 is 0 Å². The fourth-order valence-electron chi connectivity index (χ4n) is 10.3. The van der Waals surface area contributed by atoms with Gasteiger partial charge in [0, 0.05) is 33.6 Å². The number of nitrogens with zero attached hydrogens (tertiary/aromatic N) is 1. The Labute approximate surface area is 395 Å². The smallest absolute Gasteiger partial charge is 0.143 e. The average molecular weight is 866 g/mol. The second-order valence-corrected chi connectivity index (χ2v) is 17.6. The molecule has 0 amide bonds. The molecule has 0 aliphatic carbocycles. The van der Waals surface area contributed by atoms with E-state index in [1.54, 1.807) is 0 Å². The molecule has 0 spiro atoms. The van der Waals surface area contributed by atoms with Crippen LogP contribution < -0.4 is 4.90 Å². The van der Waals surface area contributed by atoms with Gasteiger partial charge in [-0.25, -0.2) is 0 Å². The van der Waals surface area contributed by atoms with E-state index in [0.717, 1.165) is 72.7 Å². The zero-order chi connectivity index (χ0) is 45.0. The summed E-state index contributed by atoms with van der Waals surface area (Å²) in [6, 6.07) is 94.3. The van der Waals surface area contributed by atoms with Crippen molar-refractivity contribution in [3.05, 3.63) is 261 Å². The van der Waals surface area contributed by atoms with Gasteiger partial charge in [-0.2, -0.15) is 0 Å². The van der Waals surface area contributed by atoms with E-state index in [2.05, 4.69) is 260 Å². The van der Waals surface area contributed by atoms with Crippen molar-refractivity contribution in [1.82, 2.24) is 0 Å². The minimum Gasteiger partial charge on any atom is -0.455 e. The minimum absolute atomic E-state index is 0.886. The number of rotatable bonds is 8. The van der Waals surface area contributed by atoms with Crippen LogP contribution in [0.4, 0.5) is 17.1 Å². The third kappa shape index (κ3) is 6.90. The van der Waals surface area contributed by atoms with Gasteiger partial charge in [0.05, 0.1) is 0 Å². The molecule has 0 N–H and O–H groups in total. The molecule has 13 rings (SSSR count). The van der Waals surface area contributed by atoms with Gasteiger partial charge in [0.2, 0.25) is 0 Å². The normalized spacial score (nSPS) is 11.5. The first-order valence-electron chi connectivity index (χ1n) is 23.3. The summed E-state index contributed by atoms with van der Waals surface area (Å²) in [7, 11) is 0. The Hall–Kier alpha value is -8.98. The molecule has 0 saturated heterocycles. The fraction of sp³-hybridized carbons (Fsp3) is 0. The van der Waals surface area contributed by atoms with Crippen molar-refractivity contribution in [2.45, 2.75) is 0 Å². The number of benzene rings is 12. The number of para-hydroxylation sites is 1. The molecule has 68 heavy (non-hydrogen) atoms. The molecule has 0 saturated carbocycles. The molecule has 13 aromatic rings. The number of hydrogen-bond donors (Lipinski definition) is 0. The highest BCUT2D eigenvalue weighted by Crippen LogP contribution is 2.43. The van der Waals surface area contributed by atoms with Crippen molar-refractivity contribution in [2.75, 3.05) is 4.90 Å². The van der Waals surface area contributed by atoms with Gasteiger partial charge in [-0.1, -0.05) is 206 Å². The largest absolute Gasteiger partial charge is 0.455 e. The average Bonchev–Trinajstić information content (AvgIpc) is 3.81. The number of hydrogen-bond acceptors (Lipinski definition) is 2. The van der Waals surface area contributed by atoms with E-state index in [1.807, 2.05) is 6.07 Å². The van der Waals surface area contributed by atoms with Crippen molar-refractivity contribution in [3.8, 4) is 55.8 Å². The van der Waals surface area contributed by atoms with E-state index < -0.39 is 0 Å². The fourth-order valence-corrected chi connectivity index (χ4v) is 10.3. The molecule has 318 valence electrons. The summed E-state index contributed by atoms with van der Waals surface area (Å²) in [5.41, 5.74) is 14.5. The maximum Gasteiger partial charge on any atom is 0.143 e. The lowest BCUT2D eigenvalue weighted by atomic mass is 9.93. The highest BCUT2D eigenvalue weighted by Gasteiger charge is 2.19. The van der Waals surface area contributed by atoms with Gasteiger partial charge in [0.25, 0.3) is 0 Å². The van der Waals surface area contributed by atoms with Crippen LogP contribution in [0.2, 0.25) is 0 Å². The highest BCUT2D eigenvalue weighted by atomic mass is 16.3. The van der Waals surface area contributed by atoms with Crippen LogP contribution in [0.1, 0.15) is 0 Å². The Balaban J connectivity index is 0.844. The first-order valence-corrected chi connectivity index (χ1v) is 23.3. The predicted octanol–water partition coefficient (Wildman–Crippen LogP) is 18.9. The second kappa shape index (κ2) is 16.5. The molecule has 0 radical (unpaired) electrons. The zero-order valence-electron chi connectivity index (χ0n) is 37.2. The molecule has 0 bridgehead atoms. The van der Waals surface area contributed by atoms with Crippen molar-refractivity contribution in [2.24, 2.45) is 0 Å². The minimum atomic E-state index is 0.886. The summed E-state index contributed by atoms with van der Waals surface area (Å²) >= 11 is 0. The van der Waals surface area contributed by atoms with Crippen LogP contribution in [-0.2, 0) is 0 Å². The molecular weight excluding hydrogens is 823 g/mol. The molecule has 0 atom stereocenters. The molecule has 2 heteroatoms. The maximum atomic E-state index is 6.57. The Morgan fingerprint density at radius 1 is 0.250 bits per heavy atom. The third-order valence-corrected chi connectivity index (χ3v) is 13.7. The summed E-state index contributed by atoms with van der Waals surface area (Å²) in [5, 5.41) is 11.2. The molecule has 12 aromatic carbocycles. The van der Waals surface area contributed by atoms with Gasteiger partial charge in [-0.15, -0.1) is 0 Å². The topological polar surface area (TPSA) is 16.4 Å². The SMILES string of the molecule is c1ccc(-c2c(-c3cccc(-c4ccc(-c5ccc(N(c6ccc(-c7cc8ccccc8c8ccccc78)cc6)c6ccc7c(ccc8ccccc87)c6)cc5)cc4)c3)oc3ccccc23)cc1. The standard InChI is InChI=1S/C66H43NO/c1-2-14-49(15-3-1)65-62-23-10-11-24-64(62)68-66(65)53-18-12-17-50(41-53)46-27-25-44(26-28-46)45-31-35-54(36-32-45)67(56-39-40-59-52(42-56)30-29-47-13-4-6-19-57(47)59)55-37-33-48(34-38-55)63-43-51-16-5-7-20-58(51)60-21-8-9-22-61(60)63/h1-43H. The second-order valence-electron chi connectivity index (χ2n) is 17.6. The van der Waals surface area contributed by atoms with Gasteiger partial charge in [0.1, 0.15) is 11.3 Å². The molecule has 1 heterocycles. The molecule has 0 aliphatic rings. The lowest BCUT2D eigenvalue weighted by molar-refractivity contribution is 0.632. The highest BCUT2D eigenvalue weighted by molar-refractivity contribution is 6.14. The number of fused-ring (bicyclic) bond motifs is 7. The van der Waals surface area contributed by atoms with Gasteiger partial charge in [-0.05, 0) is 137 Å². The molecule has 0 aliphatic heterocycles. The lowest BCUT2D eigenvalue weighted by Gasteiger charge is -2.26. The monoisotopic (exact) mass is 865 g/mol. The van der Waals surface area contributed by atoms with Crippen molar-refractivity contribution < 1.29 is 4.42 Å². The third-order valence-electron chi connectivity index (χ3n) is 13.7. The molecule has 0 unspecified atom stereocenters. The van der Waals surface area contributed by atoms with Crippen LogP contribution in [-0.4, -0.2) is 0 Å². The van der Waals surface area contributed by atoms with Gasteiger partial charge in [0.15, 0.2) is 0 Å². The van der Waals surface area contributed by atoms with Crippen molar-refractivity contribution >= 4 is 71.1 Å². The number of anilines is 3.